The van der Waals surface area contributed by atoms with Crippen molar-refractivity contribution in [3.8, 4) is 0 Å². The minimum Gasteiger partial charge on any atom is -0.396 e. The SMILES string of the molecule is Cc1ccc(C2(C)CC2CO)s1. The van der Waals surface area contributed by atoms with Crippen LogP contribution >= 0.6 is 11.3 Å². The maximum absolute atomic E-state index is 9.01. The normalized spacial score (nSPS) is 33.8. The molecule has 0 saturated heterocycles. The second-order valence-corrected chi connectivity index (χ2v) is 5.20. The highest BCUT2D eigenvalue weighted by molar-refractivity contribution is 7.12. The van der Waals surface area contributed by atoms with Gasteiger partial charge in [0, 0.05) is 21.8 Å². The summed E-state index contributed by atoms with van der Waals surface area (Å²) in [5, 5.41) is 9.01. The third kappa shape index (κ3) is 1.10. The van der Waals surface area contributed by atoms with Gasteiger partial charge in [-0.15, -0.1) is 11.3 Å². The molecule has 0 amide bonds. The molecule has 1 fully saturated rings. The Hall–Kier alpha value is -0.340. The number of rotatable bonds is 2. The minimum absolute atomic E-state index is 0.299. The standard InChI is InChI=1S/C10H14OS/c1-7-3-4-9(12-7)10(2)5-8(10)6-11/h3-4,8,11H,5-6H2,1-2H3. The van der Waals surface area contributed by atoms with Crippen molar-refractivity contribution in [2.75, 3.05) is 6.61 Å². The van der Waals surface area contributed by atoms with Crippen LogP contribution in [0.4, 0.5) is 0 Å². The van der Waals surface area contributed by atoms with E-state index in [9.17, 15) is 0 Å². The molecular formula is C10H14OS. The summed E-state index contributed by atoms with van der Waals surface area (Å²) in [5.41, 5.74) is 0.299. The highest BCUT2D eigenvalue weighted by Gasteiger charge is 2.51. The quantitative estimate of drug-likeness (QED) is 0.744. The van der Waals surface area contributed by atoms with Gasteiger partial charge in [-0.1, -0.05) is 6.92 Å². The molecule has 1 saturated carbocycles. The fourth-order valence-corrected chi connectivity index (χ4v) is 2.86. The average Bonchev–Trinajstić information content (AvgIpc) is 2.50. The predicted molar refractivity (Wildman–Crippen MR) is 51.6 cm³/mol. The largest absolute Gasteiger partial charge is 0.396 e. The Morgan fingerprint density at radius 2 is 2.42 bits per heavy atom. The molecule has 1 aliphatic carbocycles. The third-order valence-electron chi connectivity index (χ3n) is 2.93. The Bertz CT molecular complexity index is 292. The maximum atomic E-state index is 9.01. The first kappa shape index (κ1) is 8.27. The second-order valence-electron chi connectivity index (χ2n) is 3.91. The van der Waals surface area contributed by atoms with E-state index >= 15 is 0 Å². The molecule has 2 heteroatoms. The zero-order valence-corrected chi connectivity index (χ0v) is 8.32. The summed E-state index contributed by atoms with van der Waals surface area (Å²) in [4.78, 5) is 2.81. The number of hydrogen-bond donors (Lipinski definition) is 1. The molecule has 2 unspecified atom stereocenters. The molecule has 2 rings (SSSR count). The monoisotopic (exact) mass is 182 g/mol. The predicted octanol–water partition coefficient (Wildman–Crippen LogP) is 2.33. The lowest BCUT2D eigenvalue weighted by molar-refractivity contribution is 0.266. The second kappa shape index (κ2) is 2.57. The van der Waals surface area contributed by atoms with Crippen molar-refractivity contribution in [2.45, 2.75) is 25.7 Å². The van der Waals surface area contributed by atoms with Crippen LogP contribution in [0.1, 0.15) is 23.1 Å². The summed E-state index contributed by atoms with van der Waals surface area (Å²) in [6, 6.07) is 4.37. The van der Waals surface area contributed by atoms with Crippen LogP contribution in [-0.2, 0) is 5.41 Å². The van der Waals surface area contributed by atoms with Gasteiger partial charge in [0.2, 0.25) is 0 Å². The van der Waals surface area contributed by atoms with Crippen LogP contribution in [0.25, 0.3) is 0 Å². The van der Waals surface area contributed by atoms with Gasteiger partial charge in [0.05, 0.1) is 0 Å². The smallest absolute Gasteiger partial charge is 0.0468 e. The molecule has 0 aliphatic heterocycles. The van der Waals surface area contributed by atoms with Crippen molar-refractivity contribution in [2.24, 2.45) is 5.92 Å². The van der Waals surface area contributed by atoms with Crippen LogP contribution in [0.15, 0.2) is 12.1 Å². The van der Waals surface area contributed by atoms with Gasteiger partial charge < -0.3 is 5.11 Å². The van der Waals surface area contributed by atoms with E-state index in [1.165, 1.54) is 9.75 Å². The van der Waals surface area contributed by atoms with Crippen molar-refractivity contribution in [1.82, 2.24) is 0 Å². The molecule has 0 aromatic carbocycles. The molecular weight excluding hydrogens is 168 g/mol. The van der Waals surface area contributed by atoms with Gasteiger partial charge in [0.25, 0.3) is 0 Å². The zero-order chi connectivity index (χ0) is 8.77. The summed E-state index contributed by atoms with van der Waals surface area (Å²) in [6.07, 6.45) is 1.16. The Labute approximate surface area is 77.0 Å². The summed E-state index contributed by atoms with van der Waals surface area (Å²) in [5.74, 6) is 0.510. The first-order valence-corrected chi connectivity index (χ1v) is 5.16. The number of aliphatic hydroxyl groups excluding tert-OH is 1. The molecule has 12 heavy (non-hydrogen) atoms. The van der Waals surface area contributed by atoms with Crippen molar-refractivity contribution >= 4 is 11.3 Å². The van der Waals surface area contributed by atoms with Gasteiger partial charge in [-0.2, -0.15) is 0 Å². The first-order valence-electron chi connectivity index (χ1n) is 4.34. The molecule has 1 aromatic rings. The Morgan fingerprint density at radius 1 is 1.67 bits per heavy atom. The van der Waals surface area contributed by atoms with Crippen LogP contribution in [0, 0.1) is 12.8 Å². The van der Waals surface area contributed by atoms with Crippen LogP contribution in [0.3, 0.4) is 0 Å². The number of hydrogen-bond acceptors (Lipinski definition) is 2. The number of aliphatic hydroxyl groups is 1. The molecule has 2 atom stereocenters. The van der Waals surface area contributed by atoms with Crippen LogP contribution in [0.5, 0.6) is 0 Å². The van der Waals surface area contributed by atoms with Crippen molar-refractivity contribution < 1.29 is 5.11 Å². The lowest BCUT2D eigenvalue weighted by atomic mass is 10.1. The summed E-state index contributed by atoms with van der Waals surface area (Å²) in [7, 11) is 0. The first-order chi connectivity index (χ1) is 5.66. The topological polar surface area (TPSA) is 20.2 Å². The minimum atomic E-state index is 0.299. The Kier molecular flexibility index (Phi) is 1.77. The number of thiophene rings is 1. The van der Waals surface area contributed by atoms with Gasteiger partial charge in [0.15, 0.2) is 0 Å². The van der Waals surface area contributed by atoms with Gasteiger partial charge in [-0.05, 0) is 31.4 Å². The highest BCUT2D eigenvalue weighted by Crippen LogP contribution is 2.55. The summed E-state index contributed by atoms with van der Waals surface area (Å²) in [6.45, 7) is 4.72. The molecule has 1 aromatic heterocycles. The van der Waals surface area contributed by atoms with Crippen molar-refractivity contribution in [3.63, 3.8) is 0 Å². The van der Waals surface area contributed by atoms with Crippen molar-refractivity contribution in [3.05, 3.63) is 21.9 Å². The number of aryl methyl sites for hydroxylation is 1. The highest BCUT2D eigenvalue weighted by atomic mass is 32.1. The van der Waals surface area contributed by atoms with E-state index in [2.05, 4.69) is 26.0 Å². The third-order valence-corrected chi connectivity index (χ3v) is 4.22. The molecule has 0 spiro atoms. The van der Waals surface area contributed by atoms with E-state index in [4.69, 9.17) is 5.11 Å². The van der Waals surface area contributed by atoms with E-state index < -0.39 is 0 Å². The van der Waals surface area contributed by atoms with E-state index in [0.29, 0.717) is 17.9 Å². The molecule has 66 valence electrons. The van der Waals surface area contributed by atoms with E-state index in [1.807, 2.05) is 11.3 Å². The lowest BCUT2D eigenvalue weighted by Crippen LogP contribution is -2.03. The van der Waals surface area contributed by atoms with Gasteiger partial charge in [-0.3, -0.25) is 0 Å². The van der Waals surface area contributed by atoms with E-state index in [1.54, 1.807) is 0 Å². The zero-order valence-electron chi connectivity index (χ0n) is 7.50. The molecule has 0 radical (unpaired) electrons. The lowest BCUT2D eigenvalue weighted by Gasteiger charge is -2.06. The van der Waals surface area contributed by atoms with E-state index in [0.717, 1.165) is 6.42 Å². The summed E-state index contributed by atoms with van der Waals surface area (Å²) >= 11 is 1.87. The summed E-state index contributed by atoms with van der Waals surface area (Å²) < 4.78 is 0. The van der Waals surface area contributed by atoms with Crippen molar-refractivity contribution in [1.29, 1.82) is 0 Å². The maximum Gasteiger partial charge on any atom is 0.0468 e. The fourth-order valence-electron chi connectivity index (χ4n) is 1.76. The van der Waals surface area contributed by atoms with Crippen LogP contribution < -0.4 is 0 Å². The fraction of sp³-hybridized carbons (Fsp3) is 0.600. The molecule has 1 nitrogen and oxygen atoms in total. The Morgan fingerprint density at radius 3 is 2.83 bits per heavy atom. The molecule has 1 aliphatic rings. The molecule has 1 N–H and O–H groups in total. The molecule has 1 heterocycles. The van der Waals surface area contributed by atoms with Gasteiger partial charge >= 0.3 is 0 Å². The Balaban J connectivity index is 2.22. The van der Waals surface area contributed by atoms with Gasteiger partial charge in [-0.25, -0.2) is 0 Å². The molecule has 0 bridgehead atoms. The van der Waals surface area contributed by atoms with Gasteiger partial charge in [0.1, 0.15) is 0 Å². The van der Waals surface area contributed by atoms with Crippen LogP contribution in [0.2, 0.25) is 0 Å². The van der Waals surface area contributed by atoms with Crippen LogP contribution in [-0.4, -0.2) is 11.7 Å². The average molecular weight is 182 g/mol. The van der Waals surface area contributed by atoms with E-state index in [-0.39, 0.29) is 0 Å².